The van der Waals surface area contributed by atoms with Crippen LogP contribution in [0.15, 0.2) is 24.3 Å². The lowest BCUT2D eigenvalue weighted by Gasteiger charge is -2.54. The van der Waals surface area contributed by atoms with Gasteiger partial charge in [0.1, 0.15) is 11.6 Å². The van der Waals surface area contributed by atoms with Crippen LogP contribution in [0.3, 0.4) is 0 Å². The number of hydrogen-bond acceptors (Lipinski definition) is 6. The Labute approximate surface area is 189 Å². The summed E-state index contributed by atoms with van der Waals surface area (Å²) in [6, 6.07) is 7.96. The van der Waals surface area contributed by atoms with Crippen molar-refractivity contribution in [2.75, 3.05) is 43.0 Å². The summed E-state index contributed by atoms with van der Waals surface area (Å²) in [4.78, 5) is 41.9. The van der Waals surface area contributed by atoms with Crippen molar-refractivity contribution < 1.29 is 19.1 Å². The van der Waals surface area contributed by atoms with Crippen LogP contribution in [0.1, 0.15) is 46.5 Å². The number of ether oxygens (including phenoxy) is 1. The number of benzene rings is 1. The summed E-state index contributed by atoms with van der Waals surface area (Å²) >= 11 is 0. The van der Waals surface area contributed by atoms with Gasteiger partial charge in [-0.2, -0.15) is 0 Å². The molecule has 1 N–H and O–H groups in total. The predicted molar refractivity (Wildman–Crippen MR) is 123 cm³/mol. The van der Waals surface area contributed by atoms with Crippen LogP contribution >= 0.6 is 0 Å². The number of hydrogen-bond donors (Lipinski definition) is 1. The van der Waals surface area contributed by atoms with Crippen molar-refractivity contribution in [3.8, 4) is 0 Å². The van der Waals surface area contributed by atoms with Gasteiger partial charge in [-0.15, -0.1) is 0 Å². The highest BCUT2D eigenvalue weighted by Crippen LogP contribution is 2.42. The van der Waals surface area contributed by atoms with E-state index in [1.54, 1.807) is 0 Å². The highest BCUT2D eigenvalue weighted by atomic mass is 16.6. The Bertz CT molecular complexity index is 876. The van der Waals surface area contributed by atoms with Gasteiger partial charge in [0.15, 0.2) is 0 Å². The largest absolute Gasteiger partial charge is 0.444 e. The first-order chi connectivity index (χ1) is 15.1. The maximum atomic E-state index is 12.2. The van der Waals surface area contributed by atoms with E-state index < -0.39 is 5.60 Å². The second-order valence-corrected chi connectivity index (χ2v) is 10.4. The topological polar surface area (TPSA) is 82.2 Å². The van der Waals surface area contributed by atoms with Gasteiger partial charge in [0.05, 0.1) is 0 Å². The van der Waals surface area contributed by atoms with Gasteiger partial charge >= 0.3 is 6.09 Å². The fourth-order valence-corrected chi connectivity index (χ4v) is 4.90. The molecule has 3 fully saturated rings. The molecule has 1 spiro atoms. The highest BCUT2D eigenvalue weighted by molar-refractivity contribution is 6.01. The second-order valence-electron chi connectivity index (χ2n) is 10.4. The molecule has 0 saturated carbocycles. The lowest BCUT2D eigenvalue weighted by molar-refractivity contribution is -0.134. The van der Waals surface area contributed by atoms with E-state index in [1.807, 2.05) is 49.8 Å². The Hall–Kier alpha value is -2.77. The number of imide groups is 1. The second kappa shape index (κ2) is 8.30. The average Bonchev–Trinajstić information content (AvgIpc) is 2.70. The molecule has 174 valence electrons. The van der Waals surface area contributed by atoms with Crippen molar-refractivity contribution in [3.63, 3.8) is 0 Å². The number of nitrogens with zero attached hydrogens (tertiary/aromatic N) is 3. The van der Waals surface area contributed by atoms with Crippen LogP contribution in [0, 0.1) is 5.41 Å². The van der Waals surface area contributed by atoms with Gasteiger partial charge in [-0.3, -0.25) is 14.9 Å². The van der Waals surface area contributed by atoms with E-state index in [0.717, 1.165) is 44.7 Å². The number of piperidine rings is 2. The average molecular weight is 443 g/mol. The Kier molecular flexibility index (Phi) is 5.81. The first kappa shape index (κ1) is 22.4. The standard InChI is InChI=1S/C24H34N4O4/c1-23(2,3)32-22(31)28-15-24(16-28)11-13-27(14-12-24)18-7-5-17(6-8-18)26(4)19-9-10-20(29)25-21(19)30/h5-8,19H,9-16H2,1-4H3,(H,25,29,30). The van der Waals surface area contributed by atoms with Crippen LogP contribution in [0.5, 0.6) is 0 Å². The summed E-state index contributed by atoms with van der Waals surface area (Å²) < 4.78 is 5.48. The molecule has 1 atom stereocenters. The zero-order valence-corrected chi connectivity index (χ0v) is 19.5. The quantitative estimate of drug-likeness (QED) is 0.725. The maximum Gasteiger partial charge on any atom is 0.410 e. The smallest absolute Gasteiger partial charge is 0.410 e. The number of likely N-dealkylation sites (N-methyl/N-ethyl adjacent to an activating group) is 1. The summed E-state index contributed by atoms with van der Waals surface area (Å²) in [5, 5.41) is 2.42. The molecule has 0 aromatic heterocycles. The molecule has 0 bridgehead atoms. The van der Waals surface area contributed by atoms with Gasteiger partial charge in [-0.25, -0.2) is 4.79 Å². The molecule has 1 aromatic carbocycles. The molecule has 8 nitrogen and oxygen atoms in total. The van der Waals surface area contributed by atoms with Crippen molar-refractivity contribution >= 4 is 29.3 Å². The van der Waals surface area contributed by atoms with Gasteiger partial charge < -0.3 is 19.4 Å². The molecule has 3 saturated heterocycles. The minimum atomic E-state index is -0.457. The van der Waals surface area contributed by atoms with Gasteiger partial charge in [0.25, 0.3) is 0 Å². The van der Waals surface area contributed by atoms with Crippen molar-refractivity contribution in [2.24, 2.45) is 5.41 Å². The van der Waals surface area contributed by atoms with E-state index in [9.17, 15) is 14.4 Å². The maximum absolute atomic E-state index is 12.2. The molecule has 3 aliphatic rings. The molecular weight excluding hydrogens is 408 g/mol. The fraction of sp³-hybridized carbons (Fsp3) is 0.625. The molecule has 8 heteroatoms. The van der Waals surface area contributed by atoms with E-state index in [-0.39, 0.29) is 29.4 Å². The van der Waals surface area contributed by atoms with Crippen molar-refractivity contribution in [1.82, 2.24) is 10.2 Å². The number of likely N-dealkylation sites (tertiary alicyclic amines) is 1. The SMILES string of the molecule is CN(c1ccc(N2CCC3(CC2)CN(C(=O)OC(C)(C)C)C3)cc1)C1CCC(=O)NC1=O. The first-order valence-electron chi connectivity index (χ1n) is 11.4. The zero-order chi connectivity index (χ0) is 23.1. The van der Waals surface area contributed by atoms with E-state index >= 15 is 0 Å². The van der Waals surface area contributed by atoms with E-state index in [4.69, 9.17) is 4.74 Å². The third kappa shape index (κ3) is 4.69. The van der Waals surface area contributed by atoms with Crippen molar-refractivity contribution in [1.29, 1.82) is 0 Å². The minimum absolute atomic E-state index is 0.196. The molecular formula is C24H34N4O4. The summed E-state index contributed by atoms with van der Waals surface area (Å²) in [6.45, 7) is 9.18. The van der Waals surface area contributed by atoms with E-state index in [2.05, 4.69) is 22.3 Å². The highest BCUT2D eigenvalue weighted by Gasteiger charge is 2.47. The summed E-state index contributed by atoms with van der Waals surface area (Å²) in [5.74, 6) is -0.423. The molecule has 4 rings (SSSR count). The first-order valence-corrected chi connectivity index (χ1v) is 11.4. The Morgan fingerprint density at radius 2 is 1.75 bits per heavy atom. The molecule has 1 unspecified atom stereocenters. The molecule has 1 aromatic rings. The van der Waals surface area contributed by atoms with Gasteiger partial charge in [0.2, 0.25) is 11.8 Å². The van der Waals surface area contributed by atoms with Crippen LogP contribution in [0.4, 0.5) is 16.2 Å². The fourth-order valence-electron chi connectivity index (χ4n) is 4.90. The van der Waals surface area contributed by atoms with Crippen LogP contribution in [-0.4, -0.2) is 67.7 Å². The normalized spacial score (nSPS) is 22.9. The third-order valence-electron chi connectivity index (χ3n) is 6.83. The lowest BCUT2D eigenvalue weighted by Crippen LogP contribution is -2.62. The lowest BCUT2D eigenvalue weighted by atomic mass is 9.72. The summed E-state index contributed by atoms with van der Waals surface area (Å²) in [7, 11) is 1.90. The van der Waals surface area contributed by atoms with Crippen LogP contribution in [0.2, 0.25) is 0 Å². The van der Waals surface area contributed by atoms with Crippen molar-refractivity contribution in [3.05, 3.63) is 24.3 Å². The van der Waals surface area contributed by atoms with E-state index in [0.29, 0.717) is 12.8 Å². The van der Waals surface area contributed by atoms with Crippen LogP contribution in [0.25, 0.3) is 0 Å². The van der Waals surface area contributed by atoms with E-state index in [1.165, 1.54) is 5.69 Å². The van der Waals surface area contributed by atoms with Crippen molar-refractivity contribution in [2.45, 2.75) is 58.1 Å². The number of amides is 3. The minimum Gasteiger partial charge on any atom is -0.444 e. The Morgan fingerprint density at radius 3 is 2.31 bits per heavy atom. The molecule has 32 heavy (non-hydrogen) atoms. The van der Waals surface area contributed by atoms with Gasteiger partial charge in [0, 0.05) is 56.4 Å². The molecule has 3 heterocycles. The summed E-state index contributed by atoms with van der Waals surface area (Å²) in [5.41, 5.74) is 1.90. The molecule has 0 aliphatic carbocycles. The number of rotatable bonds is 3. The number of anilines is 2. The number of carbonyl (C=O) groups excluding carboxylic acids is 3. The number of carbonyl (C=O) groups is 3. The predicted octanol–water partition coefficient (Wildman–Crippen LogP) is 2.77. The van der Waals surface area contributed by atoms with Gasteiger partial charge in [-0.05, 0) is 64.3 Å². The molecule has 3 aliphatic heterocycles. The Balaban J connectivity index is 1.29. The van der Waals surface area contributed by atoms with Crippen LogP contribution in [-0.2, 0) is 14.3 Å². The number of nitrogens with one attached hydrogen (secondary N) is 1. The monoisotopic (exact) mass is 442 g/mol. The Morgan fingerprint density at radius 1 is 1.12 bits per heavy atom. The van der Waals surface area contributed by atoms with Crippen LogP contribution < -0.4 is 15.1 Å². The van der Waals surface area contributed by atoms with Gasteiger partial charge in [-0.1, -0.05) is 0 Å². The molecule has 0 radical (unpaired) electrons. The third-order valence-corrected chi connectivity index (χ3v) is 6.83. The zero-order valence-electron chi connectivity index (χ0n) is 19.5. The summed E-state index contributed by atoms with van der Waals surface area (Å²) in [6.07, 6.45) is 2.83. The molecule has 3 amide bonds.